The first-order valence-corrected chi connectivity index (χ1v) is 4.75. The third-order valence-electron chi connectivity index (χ3n) is 2.06. The molecule has 6 nitrogen and oxygen atoms in total. The third-order valence-corrected chi connectivity index (χ3v) is 2.06. The highest BCUT2D eigenvalue weighted by atomic mass is 16.5. The van der Waals surface area contributed by atoms with Gasteiger partial charge in [0.25, 0.3) is 0 Å². The normalized spacial score (nSPS) is 10.3. The quantitative estimate of drug-likeness (QED) is 0.583. The van der Waals surface area contributed by atoms with Crippen molar-refractivity contribution in [3.8, 4) is 0 Å². The third kappa shape index (κ3) is 1.54. The van der Waals surface area contributed by atoms with Gasteiger partial charge in [-0.1, -0.05) is 6.07 Å². The number of rotatable bonds is 3. The summed E-state index contributed by atoms with van der Waals surface area (Å²) in [5.41, 5.74) is 0.434. The summed E-state index contributed by atoms with van der Waals surface area (Å²) in [4.78, 5) is 26.2. The van der Waals surface area contributed by atoms with Crippen molar-refractivity contribution in [2.75, 3.05) is 6.61 Å². The molecule has 0 spiro atoms. The largest absolute Gasteiger partial charge is 0.461 e. The van der Waals surface area contributed by atoms with Crippen LogP contribution in [0.25, 0.3) is 5.65 Å². The summed E-state index contributed by atoms with van der Waals surface area (Å²) in [5, 5.41) is 2.81. The molecule has 0 unspecified atom stereocenters. The number of carbonyl (C=O) groups excluding carboxylic acids is 1. The highest BCUT2D eigenvalue weighted by molar-refractivity contribution is 5.93. The van der Waals surface area contributed by atoms with Gasteiger partial charge >= 0.3 is 5.97 Å². The van der Waals surface area contributed by atoms with E-state index in [4.69, 9.17) is 4.74 Å². The van der Waals surface area contributed by atoms with Crippen molar-refractivity contribution in [3.05, 3.63) is 35.0 Å². The van der Waals surface area contributed by atoms with E-state index in [2.05, 4.69) is 10.2 Å². The molecule has 0 fully saturated rings. The Bertz CT molecular complexity index is 547. The first-order chi connectivity index (χ1) is 7.77. The number of esters is 1. The maximum absolute atomic E-state index is 11.5. The molecule has 2 rings (SSSR count). The number of nitroso groups, excluding NO2 is 1. The Labute approximate surface area is 90.8 Å². The molecule has 0 saturated heterocycles. The molecule has 6 heteroatoms. The van der Waals surface area contributed by atoms with Gasteiger partial charge in [-0.05, 0) is 24.2 Å². The number of pyridine rings is 1. The number of ether oxygens (including phenoxy) is 1. The standard InChI is InChI=1S/C10H9N3O3/c1-2-16-10(14)8-9(12-15)13-6-4-3-5-7(13)11-8/h3-6H,2H2,1H3. The molecular formula is C10H9N3O3. The molecule has 0 aliphatic carbocycles. The van der Waals surface area contributed by atoms with Crippen molar-refractivity contribution in [2.24, 2.45) is 5.18 Å². The first kappa shape index (κ1) is 10.3. The Kier molecular flexibility index (Phi) is 2.63. The van der Waals surface area contributed by atoms with E-state index in [1.165, 1.54) is 4.40 Å². The van der Waals surface area contributed by atoms with Crippen LogP contribution in [0, 0.1) is 4.91 Å². The molecule has 16 heavy (non-hydrogen) atoms. The summed E-state index contributed by atoms with van der Waals surface area (Å²) in [6, 6.07) is 5.15. The predicted octanol–water partition coefficient (Wildman–Crippen LogP) is 1.91. The second-order valence-electron chi connectivity index (χ2n) is 3.02. The van der Waals surface area contributed by atoms with Crippen LogP contribution in [0.4, 0.5) is 5.82 Å². The van der Waals surface area contributed by atoms with Crippen LogP contribution < -0.4 is 0 Å². The fourth-order valence-corrected chi connectivity index (χ4v) is 1.41. The van der Waals surface area contributed by atoms with E-state index in [1.807, 2.05) is 0 Å². The molecular weight excluding hydrogens is 210 g/mol. The Balaban J connectivity index is 2.60. The van der Waals surface area contributed by atoms with Gasteiger partial charge in [-0.3, -0.25) is 4.40 Å². The van der Waals surface area contributed by atoms with E-state index >= 15 is 0 Å². The lowest BCUT2D eigenvalue weighted by atomic mass is 10.4. The fourth-order valence-electron chi connectivity index (χ4n) is 1.41. The molecule has 0 aliphatic rings. The summed E-state index contributed by atoms with van der Waals surface area (Å²) in [6.07, 6.45) is 1.61. The van der Waals surface area contributed by atoms with Crippen LogP contribution in [-0.4, -0.2) is 22.0 Å². The summed E-state index contributed by atoms with van der Waals surface area (Å²) in [7, 11) is 0. The molecule has 0 amide bonds. The number of hydrogen-bond donors (Lipinski definition) is 0. The van der Waals surface area contributed by atoms with Crippen LogP contribution >= 0.6 is 0 Å². The monoisotopic (exact) mass is 219 g/mol. The number of fused-ring (bicyclic) bond motifs is 1. The highest BCUT2D eigenvalue weighted by Crippen LogP contribution is 2.21. The van der Waals surface area contributed by atoms with Crippen LogP contribution in [0.15, 0.2) is 29.6 Å². The average molecular weight is 219 g/mol. The van der Waals surface area contributed by atoms with E-state index < -0.39 is 5.97 Å². The van der Waals surface area contributed by atoms with Crippen molar-refractivity contribution < 1.29 is 9.53 Å². The predicted molar refractivity (Wildman–Crippen MR) is 56.6 cm³/mol. The smallest absolute Gasteiger partial charge is 0.361 e. The van der Waals surface area contributed by atoms with Crippen LogP contribution in [0.1, 0.15) is 17.4 Å². The minimum Gasteiger partial charge on any atom is -0.461 e. The summed E-state index contributed by atoms with van der Waals surface area (Å²) in [5.74, 6) is -0.671. The van der Waals surface area contributed by atoms with E-state index in [0.717, 1.165) is 0 Å². The SMILES string of the molecule is CCOC(=O)c1nc2ccccn2c1N=O. The Hall–Kier alpha value is -2.24. The van der Waals surface area contributed by atoms with Gasteiger partial charge in [-0.25, -0.2) is 9.78 Å². The van der Waals surface area contributed by atoms with E-state index in [1.54, 1.807) is 31.3 Å². The number of imidazole rings is 1. The van der Waals surface area contributed by atoms with Gasteiger partial charge in [-0.2, -0.15) is 0 Å². The minimum absolute atomic E-state index is 0.0333. The lowest BCUT2D eigenvalue weighted by Crippen LogP contribution is -2.05. The molecule has 2 heterocycles. The van der Waals surface area contributed by atoms with E-state index in [-0.39, 0.29) is 18.1 Å². The second kappa shape index (κ2) is 4.09. The van der Waals surface area contributed by atoms with Crippen molar-refractivity contribution in [3.63, 3.8) is 0 Å². The lowest BCUT2D eigenvalue weighted by molar-refractivity contribution is 0.0521. The second-order valence-corrected chi connectivity index (χ2v) is 3.02. The molecule has 82 valence electrons. The van der Waals surface area contributed by atoms with Gasteiger partial charge in [0.2, 0.25) is 5.82 Å². The highest BCUT2D eigenvalue weighted by Gasteiger charge is 2.20. The molecule has 0 radical (unpaired) electrons. The van der Waals surface area contributed by atoms with Crippen molar-refractivity contribution >= 4 is 17.4 Å². The Morgan fingerprint density at radius 3 is 3.06 bits per heavy atom. The first-order valence-electron chi connectivity index (χ1n) is 4.75. The fraction of sp³-hybridized carbons (Fsp3) is 0.200. The van der Waals surface area contributed by atoms with Crippen LogP contribution in [0.3, 0.4) is 0 Å². The van der Waals surface area contributed by atoms with Crippen LogP contribution in [0.5, 0.6) is 0 Å². The van der Waals surface area contributed by atoms with E-state index in [0.29, 0.717) is 5.65 Å². The number of aromatic nitrogens is 2. The maximum Gasteiger partial charge on any atom is 0.361 e. The summed E-state index contributed by atoms with van der Waals surface area (Å²) in [6.45, 7) is 1.91. The van der Waals surface area contributed by atoms with Crippen molar-refractivity contribution in [2.45, 2.75) is 6.92 Å². The summed E-state index contributed by atoms with van der Waals surface area (Å²) < 4.78 is 6.23. The van der Waals surface area contributed by atoms with Crippen LogP contribution in [-0.2, 0) is 4.74 Å². The zero-order valence-corrected chi connectivity index (χ0v) is 8.58. The molecule has 0 aliphatic heterocycles. The van der Waals surface area contributed by atoms with Gasteiger partial charge in [0.05, 0.1) is 6.61 Å². The van der Waals surface area contributed by atoms with Crippen LogP contribution in [0.2, 0.25) is 0 Å². The minimum atomic E-state index is -0.638. The molecule has 0 aromatic carbocycles. The van der Waals surface area contributed by atoms with Crippen molar-refractivity contribution in [1.29, 1.82) is 0 Å². The van der Waals surface area contributed by atoms with Crippen molar-refractivity contribution in [1.82, 2.24) is 9.38 Å². The molecule has 0 atom stereocenters. The molecule has 2 aromatic heterocycles. The van der Waals surface area contributed by atoms with Gasteiger partial charge in [0, 0.05) is 6.20 Å². The number of nitrogens with zero attached hydrogens (tertiary/aromatic N) is 3. The zero-order valence-electron chi connectivity index (χ0n) is 8.58. The van der Waals surface area contributed by atoms with E-state index in [9.17, 15) is 9.70 Å². The molecule has 0 saturated carbocycles. The van der Waals surface area contributed by atoms with Gasteiger partial charge in [0.1, 0.15) is 5.65 Å². The number of carbonyl (C=O) groups is 1. The number of hydrogen-bond acceptors (Lipinski definition) is 5. The topological polar surface area (TPSA) is 73.0 Å². The lowest BCUT2D eigenvalue weighted by Gasteiger charge is -1.97. The Morgan fingerprint density at radius 1 is 1.56 bits per heavy atom. The Morgan fingerprint density at radius 2 is 2.38 bits per heavy atom. The average Bonchev–Trinajstić information content (AvgIpc) is 2.67. The van der Waals surface area contributed by atoms with Gasteiger partial charge < -0.3 is 4.74 Å². The zero-order chi connectivity index (χ0) is 11.5. The summed E-state index contributed by atoms with van der Waals surface area (Å²) >= 11 is 0. The molecule has 0 bridgehead atoms. The maximum atomic E-state index is 11.5. The molecule has 0 N–H and O–H groups in total. The molecule has 2 aromatic rings. The van der Waals surface area contributed by atoms with Gasteiger partial charge in [-0.15, -0.1) is 4.91 Å². The van der Waals surface area contributed by atoms with Gasteiger partial charge in [0.15, 0.2) is 5.69 Å².